The maximum absolute atomic E-state index is 12.6. The first kappa shape index (κ1) is 96.7. The molecule has 692 valence electrons. The summed E-state index contributed by atoms with van der Waals surface area (Å²) in [6, 6.07) is 83.3. The Kier molecular flexibility index (Phi) is 30.7. The van der Waals surface area contributed by atoms with Crippen LogP contribution < -0.4 is 56.8 Å². The lowest BCUT2D eigenvalue weighted by Crippen LogP contribution is -2.43. The number of amides is 6. The van der Waals surface area contributed by atoms with Crippen molar-refractivity contribution >= 4 is 98.0 Å². The lowest BCUT2D eigenvalue weighted by atomic mass is 9.88. The number of hydrogen-bond acceptors (Lipinski definition) is 13. The number of carbonyl (C=O) groups is 6. The molecule has 0 spiro atoms. The van der Waals surface area contributed by atoms with Crippen molar-refractivity contribution in [3.8, 4) is 94.0 Å². The van der Waals surface area contributed by atoms with Crippen LogP contribution in [0.3, 0.4) is 0 Å². The fourth-order valence-corrected chi connectivity index (χ4v) is 18.6. The van der Waals surface area contributed by atoms with Crippen molar-refractivity contribution in [3.63, 3.8) is 0 Å². The summed E-state index contributed by atoms with van der Waals surface area (Å²) < 4.78 is 7.30. The largest absolute Gasteiger partial charge is 0.385 e. The van der Waals surface area contributed by atoms with Crippen LogP contribution in [0, 0.1) is 66.6 Å². The summed E-state index contributed by atoms with van der Waals surface area (Å²) in [4.78, 5) is 82.2. The van der Waals surface area contributed by atoms with Gasteiger partial charge in [0.1, 0.15) is 0 Å². The van der Waals surface area contributed by atoms with Crippen molar-refractivity contribution in [1.29, 1.82) is 0 Å². The van der Waals surface area contributed by atoms with E-state index in [1.54, 1.807) is 32.4 Å². The van der Waals surface area contributed by atoms with E-state index in [1.165, 1.54) is 0 Å². The van der Waals surface area contributed by atoms with E-state index in [0.29, 0.717) is 5.92 Å². The van der Waals surface area contributed by atoms with Crippen LogP contribution in [-0.2, 0) is 40.6 Å². The number of aromatic nitrogens is 2. The number of fused-ring (bicyclic) bond motifs is 4. The van der Waals surface area contributed by atoms with Crippen LogP contribution in [-0.4, -0.2) is 89.1 Å². The zero-order chi connectivity index (χ0) is 96.8. The van der Waals surface area contributed by atoms with Crippen LogP contribution >= 0.6 is 0 Å². The van der Waals surface area contributed by atoms with E-state index >= 15 is 0 Å². The molecule has 11 aromatic carbocycles. The summed E-state index contributed by atoms with van der Waals surface area (Å²) in [5.41, 5.74) is 25.9. The molecule has 5 aliphatic rings. The predicted octanol–water partition coefficient (Wildman–Crippen LogP) is 23.3. The van der Waals surface area contributed by atoms with Gasteiger partial charge in [-0.25, -0.2) is 0 Å². The SMILES string of the molecule is C#Cc1ccc(N[C@@H]2C[C@H](C)N(C(C)=O)c3ccc(-c4cccc(NC(=O)C(C)(C)C)c4)cc32)cc1.C#Cc1ccc(N[C@@H]2C[C@H](C)N(C(C)=O)c3ccc(-c4cccc(NC(=O)C(C)C)c4)cc32)cc1.C#Cc1ccc(N[C@@H]2C[C@H](C)N(C(C)=O)c3ccc(-c4cccc(NCC5CCOC5)c4)cc32)cc1.C#Cc1ccc(N[C@@H]2C[C@H](C)N(C(C)=O)c3ccc(-c4ccn(C)n4)cc32)cc1. The van der Waals surface area contributed by atoms with Gasteiger partial charge in [0, 0.05) is 186 Å². The monoisotopic (exact) mass is 1810 g/mol. The Balaban J connectivity index is 0.000000146. The van der Waals surface area contributed by atoms with Gasteiger partial charge in [-0.15, -0.1) is 25.7 Å². The highest BCUT2D eigenvalue weighted by Crippen LogP contribution is 2.47. The molecule has 20 nitrogen and oxygen atoms in total. The number of anilines is 11. The number of nitrogens with one attached hydrogen (secondary N) is 7. The molecular weight excluding hydrogens is 1690 g/mol. The van der Waals surface area contributed by atoms with Gasteiger partial charge in [0.25, 0.3) is 0 Å². The molecule has 17 rings (SSSR count). The number of nitrogens with zero attached hydrogens (tertiary/aromatic N) is 6. The van der Waals surface area contributed by atoms with Gasteiger partial charge in [-0.3, -0.25) is 33.4 Å². The van der Waals surface area contributed by atoms with Crippen molar-refractivity contribution < 1.29 is 33.5 Å². The first-order valence-corrected chi connectivity index (χ1v) is 46.6. The summed E-state index contributed by atoms with van der Waals surface area (Å²) in [5, 5.41) is 28.7. The average molecular weight is 1810 g/mol. The van der Waals surface area contributed by atoms with Crippen LogP contribution in [0.25, 0.3) is 44.6 Å². The average Bonchev–Trinajstić information content (AvgIpc) is 0.803. The second-order valence-corrected chi connectivity index (χ2v) is 37.2. The van der Waals surface area contributed by atoms with E-state index in [9.17, 15) is 28.8 Å². The molecule has 0 radical (unpaired) electrons. The van der Waals surface area contributed by atoms with E-state index in [1.807, 2.05) is 256 Å². The normalized spacial score (nSPS) is 18.2. The van der Waals surface area contributed by atoms with E-state index in [4.69, 9.17) is 30.4 Å². The molecule has 1 aromatic heterocycles. The maximum atomic E-state index is 12.6. The Bertz CT molecular complexity index is 6560. The van der Waals surface area contributed by atoms with Crippen molar-refractivity contribution in [1.82, 2.24) is 9.78 Å². The molecule has 7 N–H and O–H groups in total. The highest BCUT2D eigenvalue weighted by atomic mass is 16.5. The minimum absolute atomic E-state index is 0.0150. The Morgan fingerprint density at radius 1 is 0.397 bits per heavy atom. The molecule has 12 aromatic rings. The zero-order valence-corrected chi connectivity index (χ0v) is 80.0. The lowest BCUT2D eigenvalue weighted by Gasteiger charge is -2.39. The third-order valence-corrected chi connectivity index (χ3v) is 25.6. The molecule has 136 heavy (non-hydrogen) atoms. The number of terminal acetylenes is 4. The maximum Gasteiger partial charge on any atom is 0.229 e. The lowest BCUT2D eigenvalue weighted by molar-refractivity contribution is -0.123. The smallest absolute Gasteiger partial charge is 0.229 e. The third kappa shape index (κ3) is 23.3. The van der Waals surface area contributed by atoms with Gasteiger partial charge < -0.3 is 61.6 Å². The van der Waals surface area contributed by atoms with Crippen molar-refractivity contribution in [2.24, 2.45) is 24.3 Å². The summed E-state index contributed by atoms with van der Waals surface area (Å²) >= 11 is 0. The molecule has 6 heterocycles. The summed E-state index contributed by atoms with van der Waals surface area (Å²) in [7, 11) is 1.91. The molecule has 6 amide bonds. The van der Waals surface area contributed by atoms with Crippen LogP contribution in [0.2, 0.25) is 0 Å². The summed E-state index contributed by atoms with van der Waals surface area (Å²) in [5.74, 6) is 11.2. The van der Waals surface area contributed by atoms with Gasteiger partial charge in [-0.1, -0.05) is 119 Å². The molecule has 1 fully saturated rings. The zero-order valence-electron chi connectivity index (χ0n) is 80.0. The van der Waals surface area contributed by atoms with E-state index < -0.39 is 5.41 Å². The first-order chi connectivity index (χ1) is 65.3. The Labute approximate surface area is 801 Å². The molecule has 0 saturated carbocycles. The Morgan fingerprint density at radius 2 is 0.706 bits per heavy atom. The molecular formula is C116H121N13O7. The second-order valence-electron chi connectivity index (χ2n) is 37.2. The van der Waals surface area contributed by atoms with Crippen molar-refractivity contribution in [2.45, 2.75) is 170 Å². The third-order valence-electron chi connectivity index (χ3n) is 25.6. The molecule has 1 unspecified atom stereocenters. The van der Waals surface area contributed by atoms with Crippen LogP contribution in [0.1, 0.15) is 191 Å². The quantitative estimate of drug-likeness (QED) is 0.0397. The van der Waals surface area contributed by atoms with E-state index in [-0.39, 0.29) is 89.7 Å². The number of carbonyl (C=O) groups excluding carboxylic acids is 6. The molecule has 0 bridgehead atoms. The molecule has 9 atom stereocenters. The predicted molar refractivity (Wildman–Crippen MR) is 555 cm³/mol. The van der Waals surface area contributed by atoms with Gasteiger partial charge in [0.05, 0.1) is 36.5 Å². The van der Waals surface area contributed by atoms with Gasteiger partial charge in [0.15, 0.2) is 0 Å². The molecule has 20 heteroatoms. The minimum atomic E-state index is -0.480. The number of benzene rings is 11. The van der Waals surface area contributed by atoms with Gasteiger partial charge >= 0.3 is 0 Å². The fraction of sp³-hybridized carbons (Fsp3) is 0.284. The van der Waals surface area contributed by atoms with Crippen molar-refractivity contribution in [3.05, 3.63) is 299 Å². The highest BCUT2D eigenvalue weighted by Gasteiger charge is 2.38. The first-order valence-electron chi connectivity index (χ1n) is 46.6. The fourth-order valence-electron chi connectivity index (χ4n) is 18.6. The second kappa shape index (κ2) is 43.1. The van der Waals surface area contributed by atoms with Crippen LogP contribution in [0.4, 0.5) is 62.6 Å². The summed E-state index contributed by atoms with van der Waals surface area (Å²) in [6.07, 6.45) is 28.2. The van der Waals surface area contributed by atoms with Gasteiger partial charge in [-0.2, -0.15) is 5.10 Å². The Hall–Kier alpha value is -15.4. The topological polar surface area (TPSA) is 227 Å². The Morgan fingerprint density at radius 3 is 1.00 bits per heavy atom. The molecule has 5 aliphatic heterocycles. The van der Waals surface area contributed by atoms with E-state index in [2.05, 4.69) is 154 Å². The van der Waals surface area contributed by atoms with Gasteiger partial charge in [0.2, 0.25) is 35.4 Å². The minimum Gasteiger partial charge on any atom is -0.385 e. The highest BCUT2D eigenvalue weighted by molar-refractivity contribution is 5.99. The van der Waals surface area contributed by atoms with Gasteiger partial charge in [-0.05, 0) is 303 Å². The summed E-state index contributed by atoms with van der Waals surface area (Å²) in [6.45, 7) is 26.9. The number of hydrogen-bond donors (Lipinski definition) is 7. The van der Waals surface area contributed by atoms with Crippen molar-refractivity contribution in [2.75, 3.05) is 76.6 Å². The number of aryl methyl sites for hydroxylation is 1. The van der Waals surface area contributed by atoms with Crippen LogP contribution in [0.15, 0.2) is 255 Å². The standard InChI is InChI=1S/2C31H33N3O2.C30H31N3O2.C24H24N4O/c1-4-23-8-11-27(12-9-23)33-30-16-21(2)34(22(3)35)31-13-10-26(18-29(30)31)25-6-5-7-28(17-25)32-19-24-14-15-36-20-24;1-7-22-11-14-25(15-12-22)32-28-17-20(2)34(21(3)35)29-16-13-24(19-27(28)29)23-9-8-10-26(18-23)33-30(36)31(4,5)6;1-6-22-10-13-25(14-11-22)31-28-16-20(4)33(21(5)34)29-15-12-24(18-27(28)29)23-8-7-9-26(17-23)32-30(35)19(2)3;1-5-18-6-9-20(10-7-18)25-23-14-16(2)28(17(3)29)24-11-8-19(15-21(23)24)22-12-13-27(4)26-22/h1,5-13,17-18,21,24,30,32-33H,14-16,19-20H2,2-3H3;1,8-16,18-20,28,32H,17H2,2-6H3,(H,33,36);1,7-15,17-20,28,31H,16H2,2-5H3,(H,32,35);1,6-13,15-16,23,25H,14H2,2-4H3/t21-,24?,30+;2*20-,28+;16-,23+/m0000/s1. The molecule has 1 saturated heterocycles. The number of ether oxygens (including phenoxy) is 1. The van der Waals surface area contributed by atoms with Crippen LogP contribution in [0.5, 0.6) is 0 Å². The molecule has 0 aliphatic carbocycles. The number of rotatable bonds is 18. The van der Waals surface area contributed by atoms with E-state index in [0.717, 1.165) is 204 Å².